The summed E-state index contributed by atoms with van der Waals surface area (Å²) in [5.74, 6) is 6.15. The van der Waals surface area contributed by atoms with E-state index in [0.717, 1.165) is 24.8 Å². The molecule has 0 fully saturated rings. The third-order valence-electron chi connectivity index (χ3n) is 2.23. The van der Waals surface area contributed by atoms with E-state index in [-0.39, 0.29) is 0 Å². The second-order valence-electron chi connectivity index (χ2n) is 3.57. The fourth-order valence-electron chi connectivity index (χ4n) is 1.28. The van der Waals surface area contributed by atoms with Crippen LogP contribution in [0.2, 0.25) is 0 Å². The Labute approximate surface area is 102 Å². The lowest BCUT2D eigenvalue weighted by Gasteiger charge is -2.05. The Bertz CT molecular complexity index is 429. The second kappa shape index (κ2) is 7.34. The van der Waals surface area contributed by atoms with E-state index in [1.165, 1.54) is 7.11 Å². The van der Waals surface area contributed by atoms with E-state index in [9.17, 15) is 4.79 Å². The number of carbonyl (C=O) groups is 1. The largest absolute Gasteiger partial charge is 0.453 e. The van der Waals surface area contributed by atoms with E-state index in [1.807, 2.05) is 18.2 Å². The normalized spacial score (nSPS) is 9.06. The molecule has 0 aliphatic rings. The van der Waals surface area contributed by atoms with Crippen molar-refractivity contribution in [2.24, 2.45) is 0 Å². The highest BCUT2D eigenvalue weighted by Crippen LogP contribution is 2.13. The third kappa shape index (κ3) is 4.60. The molecule has 0 heterocycles. The molecule has 0 unspecified atom stereocenters. The molecular weight excluding hydrogens is 214 g/mol. The Morgan fingerprint density at radius 3 is 2.88 bits per heavy atom. The third-order valence-corrected chi connectivity index (χ3v) is 2.23. The Balaban J connectivity index is 2.76. The van der Waals surface area contributed by atoms with E-state index in [0.29, 0.717) is 5.69 Å². The molecule has 1 amide bonds. The van der Waals surface area contributed by atoms with Crippen LogP contribution in [0.5, 0.6) is 0 Å². The summed E-state index contributed by atoms with van der Waals surface area (Å²) < 4.78 is 4.55. The monoisotopic (exact) mass is 231 g/mol. The maximum Gasteiger partial charge on any atom is 0.411 e. The van der Waals surface area contributed by atoms with Crippen molar-refractivity contribution < 1.29 is 9.53 Å². The first-order valence-corrected chi connectivity index (χ1v) is 5.70. The molecule has 1 N–H and O–H groups in total. The van der Waals surface area contributed by atoms with Crippen LogP contribution in [0.15, 0.2) is 24.3 Å². The second-order valence-corrected chi connectivity index (χ2v) is 3.57. The number of unbranched alkanes of at least 4 members (excludes halogenated alkanes) is 2. The Morgan fingerprint density at radius 1 is 1.41 bits per heavy atom. The lowest BCUT2D eigenvalue weighted by atomic mass is 10.1. The first-order chi connectivity index (χ1) is 8.27. The minimum absolute atomic E-state index is 0.479. The first-order valence-electron chi connectivity index (χ1n) is 5.70. The zero-order valence-corrected chi connectivity index (χ0v) is 10.2. The SMILES string of the molecule is CCCCC#Cc1ccccc1NC(=O)OC. The van der Waals surface area contributed by atoms with Gasteiger partial charge in [-0.05, 0) is 18.6 Å². The van der Waals surface area contributed by atoms with Gasteiger partial charge in [0.15, 0.2) is 0 Å². The predicted molar refractivity (Wildman–Crippen MR) is 68.9 cm³/mol. The standard InChI is InChI=1S/C14H17NO2/c1-3-4-5-6-9-12-10-7-8-11-13(12)15-14(16)17-2/h7-8,10-11H,3-5H2,1-2H3,(H,15,16). The van der Waals surface area contributed by atoms with Gasteiger partial charge in [0, 0.05) is 12.0 Å². The van der Waals surface area contributed by atoms with Crippen molar-refractivity contribution in [3.05, 3.63) is 29.8 Å². The molecule has 0 spiro atoms. The fraction of sp³-hybridized carbons (Fsp3) is 0.357. The number of nitrogens with one attached hydrogen (secondary N) is 1. The summed E-state index contributed by atoms with van der Waals surface area (Å²) in [7, 11) is 1.34. The van der Waals surface area contributed by atoms with Crippen LogP contribution in [0.3, 0.4) is 0 Å². The Hall–Kier alpha value is -1.95. The van der Waals surface area contributed by atoms with Crippen molar-refractivity contribution in [2.75, 3.05) is 12.4 Å². The summed E-state index contributed by atoms with van der Waals surface area (Å²) in [6.45, 7) is 2.13. The summed E-state index contributed by atoms with van der Waals surface area (Å²) in [4.78, 5) is 11.1. The van der Waals surface area contributed by atoms with Gasteiger partial charge in [-0.15, -0.1) is 0 Å². The molecule has 90 valence electrons. The van der Waals surface area contributed by atoms with Gasteiger partial charge in [0.1, 0.15) is 0 Å². The smallest absolute Gasteiger partial charge is 0.411 e. The molecule has 0 saturated heterocycles. The van der Waals surface area contributed by atoms with Gasteiger partial charge in [0.05, 0.1) is 12.8 Å². The minimum atomic E-state index is -0.479. The van der Waals surface area contributed by atoms with Gasteiger partial charge < -0.3 is 4.74 Å². The van der Waals surface area contributed by atoms with Crippen molar-refractivity contribution in [1.29, 1.82) is 0 Å². The van der Waals surface area contributed by atoms with Gasteiger partial charge in [-0.1, -0.05) is 37.3 Å². The molecule has 0 aromatic heterocycles. The molecule has 17 heavy (non-hydrogen) atoms. The number of methoxy groups -OCH3 is 1. The van der Waals surface area contributed by atoms with Crippen LogP contribution in [0.4, 0.5) is 10.5 Å². The average molecular weight is 231 g/mol. The minimum Gasteiger partial charge on any atom is -0.453 e. The van der Waals surface area contributed by atoms with E-state index in [4.69, 9.17) is 0 Å². The number of hydrogen-bond donors (Lipinski definition) is 1. The summed E-state index contributed by atoms with van der Waals surface area (Å²) in [6.07, 6.45) is 2.63. The summed E-state index contributed by atoms with van der Waals surface area (Å²) in [6, 6.07) is 7.43. The van der Waals surface area contributed by atoms with Crippen LogP contribution < -0.4 is 5.32 Å². The van der Waals surface area contributed by atoms with Crippen LogP contribution in [0.25, 0.3) is 0 Å². The molecule has 0 atom stereocenters. The molecule has 1 aromatic rings. The van der Waals surface area contributed by atoms with Gasteiger partial charge >= 0.3 is 6.09 Å². The van der Waals surface area contributed by atoms with E-state index >= 15 is 0 Å². The maximum atomic E-state index is 11.1. The number of para-hydroxylation sites is 1. The molecule has 0 bridgehead atoms. The van der Waals surface area contributed by atoms with Crippen molar-refractivity contribution in [3.63, 3.8) is 0 Å². The van der Waals surface area contributed by atoms with Crippen molar-refractivity contribution in [2.45, 2.75) is 26.2 Å². The van der Waals surface area contributed by atoms with E-state index in [1.54, 1.807) is 6.07 Å². The molecule has 3 nitrogen and oxygen atoms in total. The highest BCUT2D eigenvalue weighted by atomic mass is 16.5. The Morgan fingerprint density at radius 2 is 2.18 bits per heavy atom. The van der Waals surface area contributed by atoms with Crippen molar-refractivity contribution >= 4 is 11.8 Å². The summed E-state index contributed by atoms with van der Waals surface area (Å²) in [5, 5.41) is 2.64. The number of rotatable bonds is 3. The van der Waals surface area contributed by atoms with Crippen LogP contribution in [-0.4, -0.2) is 13.2 Å². The zero-order valence-electron chi connectivity index (χ0n) is 10.2. The van der Waals surface area contributed by atoms with Gasteiger partial charge in [-0.25, -0.2) is 4.79 Å². The van der Waals surface area contributed by atoms with Crippen molar-refractivity contribution in [1.82, 2.24) is 0 Å². The highest BCUT2D eigenvalue weighted by Gasteiger charge is 2.03. The zero-order chi connectivity index (χ0) is 12.5. The molecule has 0 aliphatic carbocycles. The number of amides is 1. The number of carbonyl (C=O) groups excluding carboxylic acids is 1. The molecule has 0 saturated carbocycles. The molecule has 0 aliphatic heterocycles. The molecule has 3 heteroatoms. The van der Waals surface area contributed by atoms with Crippen LogP contribution in [0.1, 0.15) is 31.7 Å². The van der Waals surface area contributed by atoms with E-state index < -0.39 is 6.09 Å². The highest BCUT2D eigenvalue weighted by molar-refractivity contribution is 5.86. The topological polar surface area (TPSA) is 38.3 Å². The van der Waals surface area contributed by atoms with Gasteiger partial charge in [0.2, 0.25) is 0 Å². The lowest BCUT2D eigenvalue weighted by Crippen LogP contribution is -2.11. The summed E-state index contributed by atoms with van der Waals surface area (Å²) >= 11 is 0. The molecule has 1 rings (SSSR count). The van der Waals surface area contributed by atoms with Crippen molar-refractivity contribution in [3.8, 4) is 11.8 Å². The molecular formula is C14H17NO2. The van der Waals surface area contributed by atoms with Gasteiger partial charge in [-0.3, -0.25) is 5.32 Å². The van der Waals surface area contributed by atoms with Gasteiger partial charge in [0.25, 0.3) is 0 Å². The molecule has 0 radical (unpaired) electrons. The summed E-state index contributed by atoms with van der Waals surface area (Å²) in [5.41, 5.74) is 1.50. The van der Waals surface area contributed by atoms with Crippen LogP contribution >= 0.6 is 0 Å². The number of ether oxygens (including phenoxy) is 1. The maximum absolute atomic E-state index is 11.1. The Kier molecular flexibility index (Phi) is 5.67. The lowest BCUT2D eigenvalue weighted by molar-refractivity contribution is 0.187. The quantitative estimate of drug-likeness (QED) is 0.639. The van der Waals surface area contributed by atoms with Crippen LogP contribution in [-0.2, 0) is 4.74 Å². The predicted octanol–water partition coefficient (Wildman–Crippen LogP) is 3.41. The van der Waals surface area contributed by atoms with E-state index in [2.05, 4.69) is 28.8 Å². The fourth-order valence-corrected chi connectivity index (χ4v) is 1.28. The number of benzene rings is 1. The molecule has 1 aromatic carbocycles. The average Bonchev–Trinajstić information content (AvgIpc) is 2.36. The van der Waals surface area contributed by atoms with Gasteiger partial charge in [-0.2, -0.15) is 0 Å². The number of hydrogen-bond acceptors (Lipinski definition) is 2. The number of anilines is 1. The first kappa shape index (κ1) is 13.1. The van der Waals surface area contributed by atoms with Crippen LogP contribution in [0, 0.1) is 11.8 Å².